The van der Waals surface area contributed by atoms with Crippen LogP contribution < -0.4 is 4.74 Å². The van der Waals surface area contributed by atoms with Gasteiger partial charge in [-0.1, -0.05) is 6.07 Å². The lowest BCUT2D eigenvalue weighted by Crippen LogP contribution is -1.93. The number of thiazole rings is 1. The average Bonchev–Trinajstić information content (AvgIpc) is 2.85. The first-order chi connectivity index (χ1) is 8.31. The van der Waals surface area contributed by atoms with Gasteiger partial charge in [-0.2, -0.15) is 0 Å². The number of aryl methyl sites for hydroxylation is 2. The maximum Gasteiger partial charge on any atom is 0.212 e. The standard InChI is InChI=1S/C12H12N2O2S/c1-16-11-4-2-9(6-13-11)3-5-12-14-7-10(8-15)17-12/h2,4,6-8H,3,5H2,1H3. The molecule has 0 amide bonds. The molecule has 0 unspecified atom stereocenters. The van der Waals surface area contributed by atoms with Gasteiger partial charge in [0, 0.05) is 24.9 Å². The molecular weight excluding hydrogens is 236 g/mol. The van der Waals surface area contributed by atoms with E-state index in [1.54, 1.807) is 19.5 Å². The van der Waals surface area contributed by atoms with Gasteiger partial charge in [-0.25, -0.2) is 9.97 Å². The lowest BCUT2D eigenvalue weighted by atomic mass is 10.2. The lowest BCUT2D eigenvalue weighted by molar-refractivity contribution is 0.112. The number of pyridine rings is 1. The lowest BCUT2D eigenvalue weighted by Gasteiger charge is -2.01. The van der Waals surface area contributed by atoms with Crippen LogP contribution in [-0.2, 0) is 12.8 Å². The van der Waals surface area contributed by atoms with Crippen LogP contribution in [0.4, 0.5) is 0 Å². The van der Waals surface area contributed by atoms with Gasteiger partial charge in [0.1, 0.15) is 0 Å². The fourth-order valence-corrected chi connectivity index (χ4v) is 2.16. The molecular formula is C12H12N2O2S. The Balaban J connectivity index is 1.94. The average molecular weight is 248 g/mol. The topological polar surface area (TPSA) is 52.1 Å². The summed E-state index contributed by atoms with van der Waals surface area (Å²) in [5, 5.41) is 0.975. The molecule has 0 fully saturated rings. The SMILES string of the molecule is COc1ccc(CCc2ncc(C=O)s2)cn1. The Morgan fingerprint density at radius 1 is 1.29 bits per heavy atom. The summed E-state index contributed by atoms with van der Waals surface area (Å²) in [5.41, 5.74) is 1.13. The van der Waals surface area contributed by atoms with Crippen LogP contribution in [0.25, 0.3) is 0 Å². The summed E-state index contributed by atoms with van der Waals surface area (Å²) in [4.78, 5) is 19.5. The van der Waals surface area contributed by atoms with Crippen LogP contribution in [0.1, 0.15) is 20.2 Å². The molecule has 0 saturated heterocycles. The molecule has 2 rings (SSSR count). The Hall–Kier alpha value is -1.75. The van der Waals surface area contributed by atoms with E-state index in [9.17, 15) is 4.79 Å². The van der Waals surface area contributed by atoms with Crippen molar-refractivity contribution in [3.63, 3.8) is 0 Å². The summed E-state index contributed by atoms with van der Waals surface area (Å²) in [5.74, 6) is 0.617. The highest BCUT2D eigenvalue weighted by atomic mass is 32.1. The second-order valence-corrected chi connectivity index (χ2v) is 4.63. The van der Waals surface area contributed by atoms with Gasteiger partial charge in [-0.15, -0.1) is 11.3 Å². The van der Waals surface area contributed by atoms with Crippen molar-refractivity contribution in [3.8, 4) is 5.88 Å². The van der Waals surface area contributed by atoms with Crippen molar-refractivity contribution in [3.05, 3.63) is 40.0 Å². The molecule has 0 saturated carbocycles. The fourth-order valence-electron chi connectivity index (χ4n) is 1.43. The Kier molecular flexibility index (Phi) is 3.82. The quantitative estimate of drug-likeness (QED) is 0.761. The van der Waals surface area contributed by atoms with Crippen LogP contribution in [0.15, 0.2) is 24.5 Å². The van der Waals surface area contributed by atoms with Crippen molar-refractivity contribution in [2.24, 2.45) is 0 Å². The van der Waals surface area contributed by atoms with Crippen LogP contribution >= 0.6 is 11.3 Å². The van der Waals surface area contributed by atoms with Gasteiger partial charge in [0.05, 0.1) is 17.0 Å². The molecule has 2 aromatic rings. The summed E-state index contributed by atoms with van der Waals surface area (Å²) in [6.45, 7) is 0. The summed E-state index contributed by atoms with van der Waals surface area (Å²) in [7, 11) is 1.60. The van der Waals surface area contributed by atoms with Gasteiger partial charge in [0.25, 0.3) is 0 Å². The summed E-state index contributed by atoms with van der Waals surface area (Å²) in [6, 6.07) is 3.83. The predicted octanol–water partition coefficient (Wildman–Crippen LogP) is 2.14. The number of aromatic nitrogens is 2. The number of carbonyl (C=O) groups is 1. The van der Waals surface area contributed by atoms with E-state index in [0.717, 1.165) is 29.7 Å². The normalized spacial score (nSPS) is 10.2. The van der Waals surface area contributed by atoms with E-state index in [2.05, 4.69) is 9.97 Å². The Morgan fingerprint density at radius 3 is 2.76 bits per heavy atom. The molecule has 0 spiro atoms. The first-order valence-electron chi connectivity index (χ1n) is 5.20. The molecule has 17 heavy (non-hydrogen) atoms. The molecule has 5 heteroatoms. The van der Waals surface area contributed by atoms with E-state index in [0.29, 0.717) is 10.8 Å². The largest absolute Gasteiger partial charge is 0.481 e. The molecule has 0 aliphatic heterocycles. The minimum atomic E-state index is 0.617. The van der Waals surface area contributed by atoms with E-state index in [1.807, 2.05) is 12.1 Å². The van der Waals surface area contributed by atoms with E-state index < -0.39 is 0 Å². The number of nitrogens with zero attached hydrogens (tertiary/aromatic N) is 2. The van der Waals surface area contributed by atoms with Crippen molar-refractivity contribution in [2.75, 3.05) is 7.11 Å². The minimum Gasteiger partial charge on any atom is -0.481 e. The molecule has 4 nitrogen and oxygen atoms in total. The van der Waals surface area contributed by atoms with Gasteiger partial charge in [0.2, 0.25) is 5.88 Å². The second-order valence-electron chi connectivity index (χ2n) is 3.48. The van der Waals surface area contributed by atoms with Gasteiger partial charge in [-0.3, -0.25) is 4.79 Å². The third-order valence-electron chi connectivity index (χ3n) is 2.32. The number of carbonyl (C=O) groups excluding carboxylic acids is 1. The maximum atomic E-state index is 10.5. The zero-order valence-electron chi connectivity index (χ0n) is 9.42. The van der Waals surface area contributed by atoms with Gasteiger partial charge in [-0.05, 0) is 12.0 Å². The van der Waals surface area contributed by atoms with Gasteiger partial charge < -0.3 is 4.74 Å². The van der Waals surface area contributed by atoms with E-state index in [4.69, 9.17) is 4.74 Å². The second kappa shape index (κ2) is 5.54. The van der Waals surface area contributed by atoms with Gasteiger partial charge in [0.15, 0.2) is 6.29 Å². The number of aldehydes is 1. The zero-order valence-corrected chi connectivity index (χ0v) is 10.2. The van der Waals surface area contributed by atoms with Crippen molar-refractivity contribution in [2.45, 2.75) is 12.8 Å². The minimum absolute atomic E-state index is 0.617. The molecule has 0 aliphatic carbocycles. The molecule has 0 radical (unpaired) electrons. The Bertz CT molecular complexity index is 493. The van der Waals surface area contributed by atoms with Crippen LogP contribution in [0, 0.1) is 0 Å². The Morgan fingerprint density at radius 2 is 2.18 bits per heavy atom. The molecule has 88 valence electrons. The van der Waals surface area contributed by atoms with Crippen LogP contribution in [0.3, 0.4) is 0 Å². The smallest absolute Gasteiger partial charge is 0.212 e. The van der Waals surface area contributed by atoms with Crippen molar-refractivity contribution in [1.82, 2.24) is 9.97 Å². The van der Waals surface area contributed by atoms with E-state index in [1.165, 1.54) is 11.3 Å². The molecule has 2 aromatic heterocycles. The molecule has 0 atom stereocenters. The monoisotopic (exact) mass is 248 g/mol. The third kappa shape index (κ3) is 3.10. The summed E-state index contributed by atoms with van der Waals surface area (Å²) in [6.07, 6.45) is 5.93. The van der Waals surface area contributed by atoms with Crippen molar-refractivity contribution in [1.29, 1.82) is 0 Å². The van der Waals surface area contributed by atoms with E-state index >= 15 is 0 Å². The van der Waals surface area contributed by atoms with Crippen molar-refractivity contribution >= 4 is 17.6 Å². The molecule has 0 N–H and O–H groups in total. The number of ether oxygens (including phenoxy) is 1. The molecule has 0 bridgehead atoms. The summed E-state index contributed by atoms with van der Waals surface area (Å²) >= 11 is 1.44. The van der Waals surface area contributed by atoms with Crippen LogP contribution in [-0.4, -0.2) is 23.4 Å². The van der Waals surface area contributed by atoms with Crippen LogP contribution in [0.5, 0.6) is 5.88 Å². The maximum absolute atomic E-state index is 10.5. The molecule has 0 aliphatic rings. The van der Waals surface area contributed by atoms with Gasteiger partial charge >= 0.3 is 0 Å². The van der Waals surface area contributed by atoms with E-state index in [-0.39, 0.29) is 0 Å². The fraction of sp³-hybridized carbons (Fsp3) is 0.250. The highest BCUT2D eigenvalue weighted by molar-refractivity contribution is 7.13. The highest BCUT2D eigenvalue weighted by Gasteiger charge is 2.02. The van der Waals surface area contributed by atoms with Crippen LogP contribution in [0.2, 0.25) is 0 Å². The van der Waals surface area contributed by atoms with Crippen molar-refractivity contribution < 1.29 is 9.53 Å². The number of methoxy groups -OCH3 is 1. The number of hydrogen-bond donors (Lipinski definition) is 0. The predicted molar refractivity (Wildman–Crippen MR) is 65.7 cm³/mol. The Labute approximate surface area is 103 Å². The first-order valence-corrected chi connectivity index (χ1v) is 6.02. The zero-order chi connectivity index (χ0) is 12.1. The third-order valence-corrected chi connectivity index (χ3v) is 3.30. The first kappa shape index (κ1) is 11.7. The molecule has 2 heterocycles. The number of rotatable bonds is 5. The molecule has 0 aromatic carbocycles. The highest BCUT2D eigenvalue weighted by Crippen LogP contribution is 2.14. The summed E-state index contributed by atoms with van der Waals surface area (Å²) < 4.78 is 4.99. The number of hydrogen-bond acceptors (Lipinski definition) is 5.